The zero-order valence-electron chi connectivity index (χ0n) is 31.2. The highest BCUT2D eigenvalue weighted by atomic mass is 32.2. The molecule has 0 radical (unpaired) electrons. The van der Waals surface area contributed by atoms with Gasteiger partial charge >= 0.3 is 0 Å². The van der Waals surface area contributed by atoms with Gasteiger partial charge in [0.15, 0.2) is 0 Å². The number of hydrogen-bond donors (Lipinski definition) is 0. The molecular weight excluding hydrogens is 675 g/mol. The SMILES string of the molecule is CC(C)(C)c1ccc2c(c1)Sc1cc(-c3c4ccccc4c(-c4ccc5ccccc5c4)c4ccccc34)cc3c1B2c1ccc(C(C)(C)C)cc1S3. The van der Waals surface area contributed by atoms with Gasteiger partial charge in [0, 0.05) is 19.6 Å². The Kier molecular flexibility index (Phi) is 7.39. The molecule has 0 bridgehead atoms. The van der Waals surface area contributed by atoms with Gasteiger partial charge in [0.1, 0.15) is 0 Å². The summed E-state index contributed by atoms with van der Waals surface area (Å²) in [5, 5.41) is 7.72. The van der Waals surface area contributed by atoms with E-state index < -0.39 is 0 Å². The largest absolute Gasteiger partial charge is 0.247 e. The maximum absolute atomic E-state index is 2.52. The van der Waals surface area contributed by atoms with Crippen molar-refractivity contribution >= 4 is 78.9 Å². The van der Waals surface area contributed by atoms with Gasteiger partial charge in [0.2, 0.25) is 6.71 Å². The van der Waals surface area contributed by atoms with E-state index in [2.05, 4.69) is 181 Å². The second-order valence-electron chi connectivity index (χ2n) is 16.9. The Morgan fingerprint density at radius 2 is 0.849 bits per heavy atom. The van der Waals surface area contributed by atoms with Crippen LogP contribution in [-0.4, -0.2) is 6.71 Å². The molecule has 0 N–H and O–H groups in total. The third-order valence-electron chi connectivity index (χ3n) is 11.5. The second-order valence-corrected chi connectivity index (χ2v) is 19.1. The lowest BCUT2D eigenvalue weighted by Gasteiger charge is -2.35. The summed E-state index contributed by atoms with van der Waals surface area (Å²) in [6.07, 6.45) is 0. The number of benzene rings is 8. The van der Waals surface area contributed by atoms with Gasteiger partial charge < -0.3 is 0 Å². The van der Waals surface area contributed by atoms with Crippen LogP contribution in [-0.2, 0) is 10.8 Å². The van der Waals surface area contributed by atoms with Crippen LogP contribution in [0.5, 0.6) is 0 Å². The smallest absolute Gasteiger partial charge is 0.0911 e. The number of rotatable bonds is 2. The summed E-state index contributed by atoms with van der Waals surface area (Å²) in [6, 6.07) is 53.4. The van der Waals surface area contributed by atoms with E-state index in [9.17, 15) is 0 Å². The van der Waals surface area contributed by atoms with Crippen molar-refractivity contribution in [3.05, 3.63) is 151 Å². The molecule has 2 aliphatic heterocycles. The molecule has 0 fully saturated rings. The molecule has 8 aromatic rings. The quantitative estimate of drug-likeness (QED) is 0.129. The number of hydrogen-bond acceptors (Lipinski definition) is 2. The zero-order chi connectivity index (χ0) is 36.2. The molecule has 53 heavy (non-hydrogen) atoms. The molecule has 10 rings (SSSR count). The summed E-state index contributed by atoms with van der Waals surface area (Å²) >= 11 is 3.94. The maximum atomic E-state index is 2.52. The lowest BCUT2D eigenvalue weighted by molar-refractivity contribution is 0.589. The molecular formula is C50H41BS2. The van der Waals surface area contributed by atoms with Crippen molar-refractivity contribution in [2.75, 3.05) is 0 Å². The Morgan fingerprint density at radius 3 is 1.34 bits per heavy atom. The lowest BCUT2D eigenvalue weighted by atomic mass is 9.36. The van der Waals surface area contributed by atoms with Crippen LogP contribution >= 0.6 is 23.5 Å². The van der Waals surface area contributed by atoms with E-state index in [4.69, 9.17) is 0 Å². The van der Waals surface area contributed by atoms with Gasteiger partial charge in [-0.15, -0.1) is 0 Å². The van der Waals surface area contributed by atoms with E-state index in [-0.39, 0.29) is 17.5 Å². The molecule has 3 heteroatoms. The average Bonchev–Trinajstić information content (AvgIpc) is 3.15. The molecule has 0 unspecified atom stereocenters. The standard InChI is InChI=1S/C50H41BS2/c1-49(2,3)34-21-23-40-42(28-34)52-44-26-33(27-45-48(44)51(40)41-24-22-35(50(4,5)6)29-43(41)53-45)47-38-17-11-9-15-36(38)46(37-16-10-12-18-39(37)47)32-20-19-30-13-7-8-14-31(30)25-32/h7-29H,1-6H3. The highest BCUT2D eigenvalue weighted by Gasteiger charge is 2.39. The molecule has 0 nitrogen and oxygen atoms in total. The van der Waals surface area contributed by atoms with Crippen molar-refractivity contribution in [1.82, 2.24) is 0 Å². The fourth-order valence-electron chi connectivity index (χ4n) is 8.67. The van der Waals surface area contributed by atoms with Crippen molar-refractivity contribution < 1.29 is 0 Å². The molecule has 2 aliphatic rings. The summed E-state index contributed by atoms with van der Waals surface area (Å²) in [5.41, 5.74) is 12.5. The lowest BCUT2D eigenvalue weighted by Crippen LogP contribution is -2.58. The summed E-state index contributed by atoms with van der Waals surface area (Å²) in [7, 11) is 0. The molecule has 0 aliphatic carbocycles. The molecule has 0 atom stereocenters. The van der Waals surface area contributed by atoms with Crippen molar-refractivity contribution in [3.8, 4) is 22.3 Å². The Hall–Kier alpha value is -4.70. The first-order valence-corrected chi connectivity index (χ1v) is 20.4. The topological polar surface area (TPSA) is 0 Å². The van der Waals surface area contributed by atoms with Gasteiger partial charge in [-0.1, -0.05) is 185 Å². The Balaban J connectivity index is 1.24. The van der Waals surface area contributed by atoms with Crippen molar-refractivity contribution in [2.45, 2.75) is 72.0 Å². The van der Waals surface area contributed by atoms with Crippen molar-refractivity contribution in [1.29, 1.82) is 0 Å². The monoisotopic (exact) mass is 716 g/mol. The maximum Gasteiger partial charge on any atom is 0.247 e. The first-order chi connectivity index (χ1) is 25.5. The van der Waals surface area contributed by atoms with Crippen LogP contribution in [0.3, 0.4) is 0 Å². The van der Waals surface area contributed by atoms with E-state index in [1.807, 2.05) is 23.5 Å². The third-order valence-corrected chi connectivity index (χ3v) is 13.7. The number of fused-ring (bicyclic) bond motifs is 7. The normalized spacial score (nSPS) is 13.7. The van der Waals surface area contributed by atoms with Gasteiger partial charge in [-0.3, -0.25) is 0 Å². The van der Waals surface area contributed by atoms with E-state index in [0.29, 0.717) is 0 Å². The van der Waals surface area contributed by atoms with Crippen LogP contribution in [0.1, 0.15) is 52.7 Å². The molecule has 0 spiro atoms. The Morgan fingerprint density at radius 1 is 0.396 bits per heavy atom. The molecule has 8 aromatic carbocycles. The minimum absolute atomic E-state index is 0.0788. The minimum atomic E-state index is 0.0788. The summed E-state index contributed by atoms with van der Waals surface area (Å²) in [6.45, 7) is 14.2. The van der Waals surface area contributed by atoms with Crippen LogP contribution in [0.4, 0.5) is 0 Å². The van der Waals surface area contributed by atoms with Crippen LogP contribution in [0.25, 0.3) is 54.6 Å². The Bertz CT molecular complexity index is 2670. The fourth-order valence-corrected chi connectivity index (χ4v) is 11.2. The highest BCUT2D eigenvalue weighted by Crippen LogP contribution is 2.48. The van der Waals surface area contributed by atoms with Crippen LogP contribution in [0.2, 0.25) is 0 Å². The van der Waals surface area contributed by atoms with Crippen LogP contribution < -0.4 is 16.4 Å². The predicted molar refractivity (Wildman–Crippen MR) is 233 cm³/mol. The van der Waals surface area contributed by atoms with E-state index in [1.165, 1.54) is 102 Å². The van der Waals surface area contributed by atoms with Gasteiger partial charge in [-0.25, -0.2) is 0 Å². The zero-order valence-corrected chi connectivity index (χ0v) is 32.8. The molecule has 0 aromatic heterocycles. The minimum Gasteiger partial charge on any atom is -0.0911 e. The molecule has 2 heterocycles. The average molecular weight is 717 g/mol. The third kappa shape index (κ3) is 5.30. The second kappa shape index (κ2) is 11.9. The predicted octanol–water partition coefficient (Wildman–Crippen LogP) is 12.5. The molecule has 0 saturated carbocycles. The van der Waals surface area contributed by atoms with Crippen LogP contribution in [0, 0.1) is 0 Å². The van der Waals surface area contributed by atoms with Gasteiger partial charge in [-0.2, -0.15) is 0 Å². The Labute approximate surface area is 322 Å². The van der Waals surface area contributed by atoms with E-state index in [0.717, 1.165) is 0 Å². The van der Waals surface area contributed by atoms with Crippen LogP contribution in [0.15, 0.2) is 159 Å². The molecule has 0 amide bonds. The molecule has 0 saturated heterocycles. The van der Waals surface area contributed by atoms with Gasteiger partial charge in [-0.05, 0) is 112 Å². The van der Waals surface area contributed by atoms with E-state index >= 15 is 0 Å². The summed E-state index contributed by atoms with van der Waals surface area (Å²) in [4.78, 5) is 5.53. The molecule has 256 valence electrons. The highest BCUT2D eigenvalue weighted by molar-refractivity contribution is 8.01. The van der Waals surface area contributed by atoms with Gasteiger partial charge in [0.05, 0.1) is 0 Å². The summed E-state index contributed by atoms with van der Waals surface area (Å²) in [5.74, 6) is 0. The first-order valence-electron chi connectivity index (χ1n) is 18.8. The summed E-state index contributed by atoms with van der Waals surface area (Å²) < 4.78 is 0. The van der Waals surface area contributed by atoms with Crippen molar-refractivity contribution in [2.24, 2.45) is 0 Å². The van der Waals surface area contributed by atoms with E-state index in [1.54, 1.807) is 0 Å². The van der Waals surface area contributed by atoms with Gasteiger partial charge in [0.25, 0.3) is 0 Å². The fraction of sp³-hybridized carbons (Fsp3) is 0.160. The van der Waals surface area contributed by atoms with Crippen molar-refractivity contribution in [3.63, 3.8) is 0 Å². The first kappa shape index (κ1) is 32.9.